The Morgan fingerprint density at radius 1 is 1.36 bits per heavy atom. The van der Waals surface area contributed by atoms with Crippen LogP contribution in [0.15, 0.2) is 0 Å². The van der Waals surface area contributed by atoms with Gasteiger partial charge in [-0.25, -0.2) is 0 Å². The third-order valence-corrected chi connectivity index (χ3v) is 2.62. The topological polar surface area (TPSA) is 12.0 Å². The van der Waals surface area contributed by atoms with E-state index in [1.165, 1.54) is 38.6 Å². The van der Waals surface area contributed by atoms with E-state index in [2.05, 4.69) is 19.2 Å². The molecule has 0 radical (unpaired) electrons. The van der Waals surface area contributed by atoms with Crippen molar-refractivity contribution in [2.75, 3.05) is 6.54 Å². The molecule has 0 saturated heterocycles. The van der Waals surface area contributed by atoms with Gasteiger partial charge >= 0.3 is 0 Å². The van der Waals surface area contributed by atoms with Gasteiger partial charge in [0.15, 0.2) is 0 Å². The fourth-order valence-corrected chi connectivity index (χ4v) is 1.97. The molecule has 1 aliphatic rings. The summed E-state index contributed by atoms with van der Waals surface area (Å²) in [6, 6.07) is 0.832. The molecule has 0 aromatic carbocycles. The van der Waals surface area contributed by atoms with E-state index >= 15 is 0 Å². The summed E-state index contributed by atoms with van der Waals surface area (Å²) in [5.41, 5.74) is 0. The second kappa shape index (κ2) is 4.76. The molecule has 1 heteroatoms. The first-order valence-electron chi connectivity index (χ1n) is 5.06. The van der Waals surface area contributed by atoms with Crippen molar-refractivity contribution in [1.29, 1.82) is 0 Å². The highest BCUT2D eigenvalue weighted by molar-refractivity contribution is 4.75. The maximum atomic E-state index is 3.60. The predicted molar refractivity (Wildman–Crippen MR) is 49.7 cm³/mol. The number of nitrogens with one attached hydrogen (secondary N) is 1. The van der Waals surface area contributed by atoms with Crippen LogP contribution in [-0.4, -0.2) is 12.6 Å². The van der Waals surface area contributed by atoms with Gasteiger partial charge in [-0.15, -0.1) is 0 Å². The Bertz CT molecular complexity index is 101. The van der Waals surface area contributed by atoms with Gasteiger partial charge in [0.2, 0.25) is 0 Å². The van der Waals surface area contributed by atoms with Gasteiger partial charge < -0.3 is 5.32 Å². The van der Waals surface area contributed by atoms with Crippen molar-refractivity contribution in [3.8, 4) is 0 Å². The fourth-order valence-electron chi connectivity index (χ4n) is 1.97. The summed E-state index contributed by atoms with van der Waals surface area (Å²) in [4.78, 5) is 0. The van der Waals surface area contributed by atoms with E-state index in [1.54, 1.807) is 0 Å². The lowest BCUT2D eigenvalue weighted by molar-refractivity contribution is 0.302. The molecule has 11 heavy (non-hydrogen) atoms. The van der Waals surface area contributed by atoms with E-state index in [4.69, 9.17) is 0 Å². The highest BCUT2D eigenvalue weighted by atomic mass is 14.9. The molecule has 0 aliphatic heterocycles. The van der Waals surface area contributed by atoms with Crippen molar-refractivity contribution in [3.05, 3.63) is 0 Å². The lowest BCUT2D eigenvalue weighted by atomic mass is 9.87. The van der Waals surface area contributed by atoms with E-state index in [-0.39, 0.29) is 0 Å². The quantitative estimate of drug-likeness (QED) is 0.660. The van der Waals surface area contributed by atoms with Crippen molar-refractivity contribution < 1.29 is 0 Å². The van der Waals surface area contributed by atoms with Crippen LogP contribution >= 0.6 is 0 Å². The van der Waals surface area contributed by atoms with Crippen LogP contribution in [0, 0.1) is 5.92 Å². The summed E-state index contributed by atoms with van der Waals surface area (Å²) >= 11 is 0. The Hall–Kier alpha value is -0.0400. The molecule has 0 unspecified atom stereocenters. The van der Waals surface area contributed by atoms with Crippen LogP contribution in [0.5, 0.6) is 0 Å². The monoisotopic (exact) mass is 155 g/mol. The van der Waals surface area contributed by atoms with Gasteiger partial charge in [-0.1, -0.05) is 26.7 Å². The molecule has 1 nitrogen and oxygen atoms in total. The van der Waals surface area contributed by atoms with Crippen LogP contribution in [-0.2, 0) is 0 Å². The lowest BCUT2D eigenvalue weighted by Crippen LogP contribution is -2.33. The Morgan fingerprint density at radius 3 is 2.82 bits per heavy atom. The Morgan fingerprint density at radius 2 is 2.18 bits per heavy atom. The van der Waals surface area contributed by atoms with Gasteiger partial charge in [-0.05, 0) is 31.7 Å². The number of hydrogen-bond acceptors (Lipinski definition) is 1. The van der Waals surface area contributed by atoms with E-state index in [0.717, 1.165) is 12.0 Å². The normalized spacial score (nSPS) is 32.2. The van der Waals surface area contributed by atoms with Gasteiger partial charge in [0.05, 0.1) is 0 Å². The van der Waals surface area contributed by atoms with E-state index < -0.39 is 0 Å². The van der Waals surface area contributed by atoms with E-state index in [0.29, 0.717) is 0 Å². The zero-order valence-corrected chi connectivity index (χ0v) is 7.90. The van der Waals surface area contributed by atoms with Crippen LogP contribution in [0.2, 0.25) is 0 Å². The van der Waals surface area contributed by atoms with Crippen LogP contribution in [0.3, 0.4) is 0 Å². The molecule has 66 valence electrons. The van der Waals surface area contributed by atoms with E-state index in [9.17, 15) is 0 Å². The van der Waals surface area contributed by atoms with Crippen molar-refractivity contribution in [1.82, 2.24) is 5.32 Å². The van der Waals surface area contributed by atoms with Gasteiger partial charge in [-0.2, -0.15) is 0 Å². The maximum absolute atomic E-state index is 3.60. The Labute approximate surface area is 70.6 Å². The smallest absolute Gasteiger partial charge is 0.00695 e. The molecule has 0 bridgehead atoms. The first kappa shape index (κ1) is 9.05. The molecule has 1 saturated carbocycles. The van der Waals surface area contributed by atoms with Crippen LogP contribution < -0.4 is 5.32 Å². The summed E-state index contributed by atoms with van der Waals surface area (Å²) < 4.78 is 0. The summed E-state index contributed by atoms with van der Waals surface area (Å²) in [6.45, 7) is 5.82. The largest absolute Gasteiger partial charge is 0.314 e. The molecular weight excluding hydrogens is 134 g/mol. The molecular formula is C10H21N. The summed E-state index contributed by atoms with van der Waals surface area (Å²) in [7, 11) is 0. The molecule has 0 aromatic rings. The molecule has 2 atom stereocenters. The van der Waals surface area contributed by atoms with Crippen molar-refractivity contribution >= 4 is 0 Å². The van der Waals surface area contributed by atoms with Crippen LogP contribution in [0.1, 0.15) is 46.0 Å². The first-order chi connectivity index (χ1) is 5.33. The van der Waals surface area contributed by atoms with E-state index in [1.807, 2.05) is 0 Å². The zero-order chi connectivity index (χ0) is 8.10. The van der Waals surface area contributed by atoms with Crippen LogP contribution in [0.4, 0.5) is 0 Å². The molecule has 1 N–H and O–H groups in total. The fraction of sp³-hybridized carbons (Fsp3) is 1.00. The van der Waals surface area contributed by atoms with Crippen molar-refractivity contribution in [3.63, 3.8) is 0 Å². The van der Waals surface area contributed by atoms with Crippen molar-refractivity contribution in [2.45, 2.75) is 52.0 Å². The van der Waals surface area contributed by atoms with Crippen LogP contribution in [0.25, 0.3) is 0 Å². The first-order valence-corrected chi connectivity index (χ1v) is 5.06. The number of hydrogen-bond donors (Lipinski definition) is 1. The molecule has 0 aromatic heterocycles. The number of rotatable bonds is 3. The SMILES string of the molecule is CCCN[C@H]1CCC[C@@H](C)C1. The second-order valence-electron chi connectivity index (χ2n) is 3.92. The second-order valence-corrected chi connectivity index (χ2v) is 3.92. The summed E-state index contributed by atoms with van der Waals surface area (Å²) in [6.07, 6.45) is 6.96. The minimum atomic E-state index is 0.832. The highest BCUT2D eigenvalue weighted by Crippen LogP contribution is 2.23. The predicted octanol–water partition coefficient (Wildman–Crippen LogP) is 2.56. The van der Waals surface area contributed by atoms with Gasteiger partial charge in [0.25, 0.3) is 0 Å². The molecule has 1 fully saturated rings. The average Bonchev–Trinajstić information content (AvgIpc) is 2.01. The summed E-state index contributed by atoms with van der Waals surface area (Å²) in [5.74, 6) is 0.957. The highest BCUT2D eigenvalue weighted by Gasteiger charge is 2.17. The maximum Gasteiger partial charge on any atom is 0.00695 e. The molecule has 1 rings (SSSR count). The standard InChI is InChI=1S/C10H21N/c1-3-7-11-10-6-4-5-9(2)8-10/h9-11H,3-8H2,1-2H3/t9-,10+/m1/s1. The Kier molecular flexibility index (Phi) is 3.92. The Balaban J connectivity index is 2.12. The molecule has 0 spiro atoms. The van der Waals surface area contributed by atoms with Gasteiger partial charge in [0.1, 0.15) is 0 Å². The van der Waals surface area contributed by atoms with Crippen molar-refractivity contribution in [2.24, 2.45) is 5.92 Å². The van der Waals surface area contributed by atoms with Gasteiger partial charge in [-0.3, -0.25) is 0 Å². The third-order valence-electron chi connectivity index (χ3n) is 2.62. The summed E-state index contributed by atoms with van der Waals surface area (Å²) in [5, 5.41) is 3.60. The average molecular weight is 155 g/mol. The van der Waals surface area contributed by atoms with Gasteiger partial charge in [0, 0.05) is 6.04 Å². The minimum absolute atomic E-state index is 0.832. The molecule has 0 amide bonds. The third kappa shape index (κ3) is 3.24. The molecule has 1 aliphatic carbocycles. The minimum Gasteiger partial charge on any atom is -0.314 e. The molecule has 0 heterocycles. The lowest BCUT2D eigenvalue weighted by Gasteiger charge is -2.27. The zero-order valence-electron chi connectivity index (χ0n) is 7.90.